The van der Waals surface area contributed by atoms with Crippen molar-refractivity contribution in [3.63, 3.8) is 0 Å². The molecular formula is C32H33N9O2. The van der Waals surface area contributed by atoms with Crippen LogP contribution in [-0.4, -0.2) is 61.8 Å². The molecule has 0 spiro atoms. The fraction of sp³-hybridized carbons (Fsp3) is 0.219. The standard InChI is InChI=1S/C32H33N9O2/c1-22-8-9-26(36-32(42)25-6-4-3-5-7-25)18-27(22)37-31-16-23(2)39-41(31)30-19-29(34-21-35-30)38-28-17-24(10-11-33-28)20-40-12-14-43-15-13-40/h3-11,16-19,21,37H,12-15,20H2,1-2H3,(H,36,42)(H,33,34,35,38). The second kappa shape index (κ2) is 12.8. The number of benzene rings is 2. The van der Waals surface area contributed by atoms with E-state index in [0.717, 1.165) is 55.6 Å². The molecule has 0 unspecified atom stereocenters. The minimum Gasteiger partial charge on any atom is -0.379 e. The Kier molecular flexibility index (Phi) is 8.34. The maximum absolute atomic E-state index is 12.7. The lowest BCUT2D eigenvalue weighted by Gasteiger charge is -2.26. The Hall–Kier alpha value is -5.13. The number of nitrogens with zero attached hydrogens (tertiary/aromatic N) is 6. The summed E-state index contributed by atoms with van der Waals surface area (Å²) < 4.78 is 7.20. The van der Waals surface area contributed by atoms with E-state index in [-0.39, 0.29) is 5.91 Å². The Balaban J connectivity index is 1.19. The van der Waals surface area contributed by atoms with Gasteiger partial charge in [0.05, 0.1) is 18.9 Å². The number of pyridine rings is 1. The Morgan fingerprint density at radius 3 is 2.53 bits per heavy atom. The van der Waals surface area contributed by atoms with Crippen LogP contribution in [0.1, 0.15) is 27.2 Å². The van der Waals surface area contributed by atoms with Crippen molar-refractivity contribution in [2.75, 3.05) is 42.3 Å². The summed E-state index contributed by atoms with van der Waals surface area (Å²) in [5.74, 6) is 2.45. The number of hydrogen-bond donors (Lipinski definition) is 3. The number of anilines is 5. The van der Waals surface area contributed by atoms with Crippen LogP contribution < -0.4 is 16.0 Å². The van der Waals surface area contributed by atoms with Gasteiger partial charge in [0.1, 0.15) is 23.8 Å². The van der Waals surface area contributed by atoms with E-state index in [1.165, 1.54) is 11.9 Å². The Labute approximate surface area is 250 Å². The van der Waals surface area contributed by atoms with Gasteiger partial charge in [-0.1, -0.05) is 24.3 Å². The molecule has 1 aliphatic rings. The molecule has 43 heavy (non-hydrogen) atoms. The van der Waals surface area contributed by atoms with Gasteiger partial charge in [-0.25, -0.2) is 15.0 Å². The molecule has 1 saturated heterocycles. The number of morpholine rings is 1. The predicted octanol–water partition coefficient (Wildman–Crippen LogP) is 5.25. The monoisotopic (exact) mass is 575 g/mol. The van der Waals surface area contributed by atoms with Gasteiger partial charge in [0.25, 0.3) is 5.91 Å². The van der Waals surface area contributed by atoms with Gasteiger partial charge in [-0.3, -0.25) is 9.69 Å². The van der Waals surface area contributed by atoms with E-state index in [1.807, 2.05) is 74.5 Å². The highest BCUT2D eigenvalue weighted by molar-refractivity contribution is 6.04. The van der Waals surface area contributed by atoms with Crippen LogP contribution >= 0.6 is 0 Å². The van der Waals surface area contributed by atoms with Crippen molar-refractivity contribution in [3.05, 3.63) is 108 Å². The minimum absolute atomic E-state index is 0.168. The average molecular weight is 576 g/mol. The van der Waals surface area contributed by atoms with Crippen molar-refractivity contribution in [2.45, 2.75) is 20.4 Å². The van der Waals surface area contributed by atoms with Crippen LogP contribution in [0.5, 0.6) is 0 Å². The summed E-state index contributed by atoms with van der Waals surface area (Å²) in [6, 6.07) is 22.7. The van der Waals surface area contributed by atoms with Crippen LogP contribution in [0, 0.1) is 13.8 Å². The topological polar surface area (TPSA) is 122 Å². The van der Waals surface area contributed by atoms with Crippen LogP contribution in [0.15, 0.2) is 85.3 Å². The molecule has 1 aliphatic heterocycles. The molecule has 3 N–H and O–H groups in total. The van der Waals surface area contributed by atoms with Crippen LogP contribution in [0.25, 0.3) is 5.82 Å². The smallest absolute Gasteiger partial charge is 0.255 e. The summed E-state index contributed by atoms with van der Waals surface area (Å²) in [6.45, 7) is 8.14. The van der Waals surface area contributed by atoms with Crippen LogP contribution in [0.2, 0.25) is 0 Å². The molecule has 5 aromatic rings. The normalized spacial score (nSPS) is 13.4. The lowest BCUT2D eigenvalue weighted by Crippen LogP contribution is -2.35. The van der Waals surface area contributed by atoms with Crippen LogP contribution in [0.4, 0.5) is 28.8 Å². The molecule has 0 saturated carbocycles. The lowest BCUT2D eigenvalue weighted by atomic mass is 10.1. The second-order valence-electron chi connectivity index (χ2n) is 10.4. The maximum atomic E-state index is 12.7. The molecule has 218 valence electrons. The van der Waals surface area contributed by atoms with Gasteiger partial charge < -0.3 is 20.7 Å². The zero-order valence-electron chi connectivity index (χ0n) is 24.1. The van der Waals surface area contributed by atoms with Crippen molar-refractivity contribution in [1.29, 1.82) is 0 Å². The van der Waals surface area contributed by atoms with E-state index in [0.29, 0.717) is 28.7 Å². The summed E-state index contributed by atoms with van der Waals surface area (Å²) in [7, 11) is 0. The van der Waals surface area contributed by atoms with E-state index >= 15 is 0 Å². The van der Waals surface area contributed by atoms with E-state index in [2.05, 4.69) is 40.9 Å². The largest absolute Gasteiger partial charge is 0.379 e. The predicted molar refractivity (Wildman–Crippen MR) is 166 cm³/mol. The van der Waals surface area contributed by atoms with E-state index < -0.39 is 0 Å². The summed E-state index contributed by atoms with van der Waals surface area (Å²) in [5, 5.41) is 14.4. The molecule has 0 bridgehead atoms. The molecule has 4 heterocycles. The summed E-state index contributed by atoms with van der Waals surface area (Å²) in [6.07, 6.45) is 3.30. The van der Waals surface area contributed by atoms with Gasteiger partial charge in [0.15, 0.2) is 5.82 Å². The quantitative estimate of drug-likeness (QED) is 0.216. The highest BCUT2D eigenvalue weighted by Crippen LogP contribution is 2.27. The van der Waals surface area contributed by atoms with Gasteiger partial charge in [-0.2, -0.15) is 9.78 Å². The molecule has 2 aromatic carbocycles. The number of carbonyl (C=O) groups is 1. The third kappa shape index (κ3) is 7.03. The molecular weight excluding hydrogens is 542 g/mol. The molecule has 11 nitrogen and oxygen atoms in total. The van der Waals surface area contributed by atoms with Crippen LogP contribution in [0.3, 0.4) is 0 Å². The number of nitrogens with one attached hydrogen (secondary N) is 3. The van der Waals surface area contributed by atoms with Gasteiger partial charge in [0, 0.05) is 54.9 Å². The number of rotatable bonds is 9. The van der Waals surface area contributed by atoms with Gasteiger partial charge in [-0.05, 0) is 61.4 Å². The van der Waals surface area contributed by atoms with E-state index in [1.54, 1.807) is 23.0 Å². The third-order valence-corrected chi connectivity index (χ3v) is 7.09. The molecule has 1 amide bonds. The molecule has 11 heteroatoms. The first-order valence-electron chi connectivity index (χ1n) is 14.2. The fourth-order valence-electron chi connectivity index (χ4n) is 4.85. The van der Waals surface area contributed by atoms with Gasteiger partial charge in [0.2, 0.25) is 0 Å². The SMILES string of the molecule is Cc1cc(Nc2cc(NC(=O)c3ccccc3)ccc2C)n(-c2cc(Nc3cc(CN4CCOCC4)ccn3)ncn2)n1. The highest BCUT2D eigenvalue weighted by Gasteiger charge is 2.14. The number of ether oxygens (including phenoxy) is 1. The maximum Gasteiger partial charge on any atom is 0.255 e. The molecule has 3 aromatic heterocycles. The van der Waals surface area contributed by atoms with Gasteiger partial charge >= 0.3 is 0 Å². The number of carbonyl (C=O) groups excluding carboxylic acids is 1. The zero-order chi connectivity index (χ0) is 29.6. The molecule has 0 radical (unpaired) electrons. The van der Waals surface area contributed by atoms with Crippen molar-refractivity contribution in [1.82, 2.24) is 29.6 Å². The average Bonchev–Trinajstić information content (AvgIpc) is 3.40. The number of hydrogen-bond acceptors (Lipinski definition) is 9. The van der Waals surface area contributed by atoms with Crippen molar-refractivity contribution < 1.29 is 9.53 Å². The van der Waals surface area contributed by atoms with Gasteiger partial charge in [-0.15, -0.1) is 0 Å². The Morgan fingerprint density at radius 1 is 0.884 bits per heavy atom. The van der Waals surface area contributed by atoms with Crippen molar-refractivity contribution >= 4 is 34.7 Å². The minimum atomic E-state index is -0.168. The number of amides is 1. The van der Waals surface area contributed by atoms with Crippen LogP contribution in [-0.2, 0) is 11.3 Å². The van der Waals surface area contributed by atoms with Crippen molar-refractivity contribution in [2.24, 2.45) is 0 Å². The van der Waals surface area contributed by atoms with E-state index in [4.69, 9.17) is 4.74 Å². The fourth-order valence-corrected chi connectivity index (χ4v) is 4.85. The molecule has 6 rings (SSSR count). The first-order valence-corrected chi connectivity index (χ1v) is 14.2. The summed E-state index contributed by atoms with van der Waals surface area (Å²) in [4.78, 5) is 28.5. The number of aryl methyl sites for hydroxylation is 2. The molecule has 0 aliphatic carbocycles. The second-order valence-corrected chi connectivity index (χ2v) is 10.4. The summed E-state index contributed by atoms with van der Waals surface area (Å²) in [5.41, 5.74) is 5.11. The van der Waals surface area contributed by atoms with E-state index in [9.17, 15) is 4.79 Å². The van der Waals surface area contributed by atoms with Crippen molar-refractivity contribution in [3.8, 4) is 5.82 Å². The zero-order valence-corrected chi connectivity index (χ0v) is 24.1. The highest BCUT2D eigenvalue weighted by atomic mass is 16.5. The first kappa shape index (κ1) is 28.0. The summed E-state index contributed by atoms with van der Waals surface area (Å²) >= 11 is 0. The lowest BCUT2D eigenvalue weighted by molar-refractivity contribution is 0.0342. The first-order chi connectivity index (χ1) is 21.0. The Bertz CT molecular complexity index is 1720. The third-order valence-electron chi connectivity index (χ3n) is 7.09. The molecule has 1 fully saturated rings. The Morgan fingerprint density at radius 2 is 1.70 bits per heavy atom. The number of aromatic nitrogens is 5. The molecule has 0 atom stereocenters.